The van der Waals surface area contributed by atoms with Gasteiger partial charge in [-0.3, -0.25) is 9.78 Å². The molecule has 0 bridgehead atoms. The first-order valence-electron chi connectivity index (χ1n) is 10.1. The average molecular weight is 389 g/mol. The molecule has 1 aliphatic carbocycles. The van der Waals surface area contributed by atoms with Crippen molar-refractivity contribution < 1.29 is 14.3 Å². The molecule has 3 aromatic rings. The number of rotatable bonds is 7. The van der Waals surface area contributed by atoms with Crippen LogP contribution in [0, 0.1) is 5.82 Å². The Morgan fingerprint density at radius 2 is 1.93 bits per heavy atom. The van der Waals surface area contributed by atoms with E-state index in [4.69, 9.17) is 4.98 Å². The molecule has 148 valence electrons. The van der Waals surface area contributed by atoms with E-state index in [1.807, 2.05) is 30.3 Å². The SMILES string of the molecule is CCC(=O)CC(O)C=Cc1c(C2CC2)nc2ccccc2c1-c1ccc(F)cc1. The molecule has 1 heterocycles. The summed E-state index contributed by atoms with van der Waals surface area (Å²) in [4.78, 5) is 16.6. The number of fused-ring (bicyclic) bond motifs is 1. The highest BCUT2D eigenvalue weighted by Crippen LogP contribution is 2.45. The van der Waals surface area contributed by atoms with Gasteiger partial charge in [-0.25, -0.2) is 4.39 Å². The highest BCUT2D eigenvalue weighted by Gasteiger charge is 2.29. The topological polar surface area (TPSA) is 50.2 Å². The number of halogens is 1. The molecule has 1 atom stereocenters. The van der Waals surface area contributed by atoms with Crippen LogP contribution >= 0.6 is 0 Å². The molecule has 3 nitrogen and oxygen atoms in total. The standard InChI is InChI=1S/C25H24FNO2/c1-2-19(28)15-20(29)13-14-22-24(16-9-11-18(26)12-10-16)21-5-3-4-6-23(21)27-25(22)17-7-8-17/h3-6,9-14,17,20,29H,2,7-8,15H2,1H3. The Morgan fingerprint density at radius 1 is 1.21 bits per heavy atom. The van der Waals surface area contributed by atoms with Crippen LogP contribution in [0.5, 0.6) is 0 Å². The van der Waals surface area contributed by atoms with E-state index < -0.39 is 6.10 Å². The third-order valence-corrected chi connectivity index (χ3v) is 5.37. The minimum absolute atomic E-state index is 0.0277. The van der Waals surface area contributed by atoms with Crippen molar-refractivity contribution >= 4 is 22.8 Å². The molecular formula is C25H24FNO2. The van der Waals surface area contributed by atoms with Crippen molar-refractivity contribution in [1.82, 2.24) is 4.98 Å². The second-order valence-corrected chi connectivity index (χ2v) is 7.61. The maximum Gasteiger partial charge on any atom is 0.135 e. The number of aromatic nitrogens is 1. The lowest BCUT2D eigenvalue weighted by Gasteiger charge is -2.16. The minimum Gasteiger partial charge on any atom is -0.389 e. The number of nitrogens with zero attached hydrogens (tertiary/aromatic N) is 1. The molecule has 0 spiro atoms. The first-order valence-corrected chi connectivity index (χ1v) is 10.1. The van der Waals surface area contributed by atoms with Crippen LogP contribution < -0.4 is 0 Å². The van der Waals surface area contributed by atoms with E-state index in [1.54, 1.807) is 25.1 Å². The molecule has 1 unspecified atom stereocenters. The minimum atomic E-state index is -0.831. The average Bonchev–Trinajstić information content (AvgIpc) is 3.57. The molecule has 0 saturated heterocycles. The third kappa shape index (κ3) is 4.28. The van der Waals surface area contributed by atoms with Gasteiger partial charge in [0.15, 0.2) is 0 Å². The molecule has 1 N–H and O–H groups in total. The molecule has 29 heavy (non-hydrogen) atoms. The number of Topliss-reactive ketones (excluding diaryl/α,β-unsaturated/α-hetero) is 1. The maximum atomic E-state index is 13.6. The summed E-state index contributed by atoms with van der Waals surface area (Å²) < 4.78 is 13.6. The van der Waals surface area contributed by atoms with Crippen LogP contribution in [0.4, 0.5) is 4.39 Å². The lowest BCUT2D eigenvalue weighted by molar-refractivity contribution is -0.120. The number of carbonyl (C=O) groups is 1. The zero-order valence-electron chi connectivity index (χ0n) is 16.4. The zero-order chi connectivity index (χ0) is 20.4. The van der Waals surface area contributed by atoms with Gasteiger partial charge < -0.3 is 5.11 Å². The second-order valence-electron chi connectivity index (χ2n) is 7.61. The number of benzene rings is 2. The van der Waals surface area contributed by atoms with Crippen molar-refractivity contribution in [2.45, 2.75) is 44.6 Å². The molecule has 1 fully saturated rings. The number of carbonyl (C=O) groups excluding carboxylic acids is 1. The number of aliphatic hydroxyl groups excluding tert-OH is 1. The normalized spacial score (nSPS) is 15.1. The van der Waals surface area contributed by atoms with E-state index in [2.05, 4.69) is 0 Å². The van der Waals surface area contributed by atoms with E-state index in [1.165, 1.54) is 12.1 Å². The van der Waals surface area contributed by atoms with E-state index in [9.17, 15) is 14.3 Å². The highest BCUT2D eigenvalue weighted by atomic mass is 19.1. The Kier molecular flexibility index (Phi) is 5.54. The van der Waals surface area contributed by atoms with Gasteiger partial charge in [0.1, 0.15) is 11.6 Å². The molecule has 1 aromatic heterocycles. The Bertz CT molecular complexity index is 1070. The monoisotopic (exact) mass is 389 g/mol. The van der Waals surface area contributed by atoms with Crippen molar-refractivity contribution in [1.29, 1.82) is 0 Å². The van der Waals surface area contributed by atoms with Crippen LogP contribution in [0.1, 0.15) is 49.8 Å². The number of pyridine rings is 1. The summed E-state index contributed by atoms with van der Waals surface area (Å²) in [6, 6.07) is 14.4. The van der Waals surface area contributed by atoms with Gasteiger partial charge in [-0.05, 0) is 36.6 Å². The highest BCUT2D eigenvalue weighted by molar-refractivity contribution is 5.99. The van der Waals surface area contributed by atoms with Gasteiger partial charge in [-0.2, -0.15) is 0 Å². The first kappa shape index (κ1) is 19.5. The fourth-order valence-electron chi connectivity index (χ4n) is 3.66. The largest absolute Gasteiger partial charge is 0.389 e. The summed E-state index contributed by atoms with van der Waals surface area (Å²) in [6.45, 7) is 1.80. The summed E-state index contributed by atoms with van der Waals surface area (Å²) in [5, 5.41) is 11.3. The number of para-hydroxylation sites is 1. The lowest BCUT2D eigenvalue weighted by atomic mass is 9.92. The predicted molar refractivity (Wildman–Crippen MR) is 114 cm³/mol. The molecule has 1 saturated carbocycles. The van der Waals surface area contributed by atoms with Gasteiger partial charge in [-0.15, -0.1) is 0 Å². The fraction of sp³-hybridized carbons (Fsp3) is 0.280. The molecule has 0 aliphatic heterocycles. The number of aliphatic hydroxyl groups is 1. The van der Waals surface area contributed by atoms with Gasteiger partial charge >= 0.3 is 0 Å². The van der Waals surface area contributed by atoms with Crippen molar-refractivity contribution in [2.75, 3.05) is 0 Å². The zero-order valence-corrected chi connectivity index (χ0v) is 16.4. The Morgan fingerprint density at radius 3 is 2.62 bits per heavy atom. The molecule has 0 radical (unpaired) electrons. The molecule has 0 amide bonds. The van der Waals surface area contributed by atoms with Crippen LogP contribution in [-0.4, -0.2) is 22.0 Å². The predicted octanol–water partition coefficient (Wildman–Crippen LogP) is 5.66. The molecular weight excluding hydrogens is 365 g/mol. The summed E-state index contributed by atoms with van der Waals surface area (Å²) in [5.41, 5.74) is 4.76. The Labute approximate surface area is 169 Å². The van der Waals surface area contributed by atoms with Crippen molar-refractivity contribution in [3.05, 3.63) is 71.7 Å². The van der Waals surface area contributed by atoms with Gasteiger partial charge in [0.05, 0.1) is 17.3 Å². The smallest absolute Gasteiger partial charge is 0.135 e. The summed E-state index contributed by atoms with van der Waals surface area (Å²) in [6.07, 6.45) is 5.44. The summed E-state index contributed by atoms with van der Waals surface area (Å²) >= 11 is 0. The molecule has 1 aliphatic rings. The van der Waals surface area contributed by atoms with Gasteiger partial charge in [0.2, 0.25) is 0 Å². The summed E-state index contributed by atoms with van der Waals surface area (Å²) in [5.74, 6) is 0.146. The van der Waals surface area contributed by atoms with Crippen LogP contribution in [-0.2, 0) is 4.79 Å². The van der Waals surface area contributed by atoms with Crippen LogP contribution in [0.3, 0.4) is 0 Å². The third-order valence-electron chi connectivity index (χ3n) is 5.37. The number of hydrogen-bond acceptors (Lipinski definition) is 3. The van der Waals surface area contributed by atoms with Crippen LogP contribution in [0.25, 0.3) is 28.1 Å². The van der Waals surface area contributed by atoms with Gasteiger partial charge in [-0.1, -0.05) is 49.4 Å². The second kappa shape index (κ2) is 8.26. The van der Waals surface area contributed by atoms with Crippen molar-refractivity contribution in [3.8, 4) is 11.1 Å². The Balaban J connectivity index is 1.88. The van der Waals surface area contributed by atoms with Crippen LogP contribution in [0.15, 0.2) is 54.6 Å². The van der Waals surface area contributed by atoms with E-state index >= 15 is 0 Å². The van der Waals surface area contributed by atoms with E-state index in [-0.39, 0.29) is 18.0 Å². The first-order chi connectivity index (χ1) is 14.1. The number of ketones is 1. The van der Waals surface area contributed by atoms with Crippen LogP contribution in [0.2, 0.25) is 0 Å². The van der Waals surface area contributed by atoms with Crippen molar-refractivity contribution in [3.63, 3.8) is 0 Å². The molecule has 4 rings (SSSR count). The summed E-state index contributed by atoms with van der Waals surface area (Å²) in [7, 11) is 0. The molecule has 2 aromatic carbocycles. The van der Waals surface area contributed by atoms with E-state index in [0.29, 0.717) is 12.3 Å². The lowest BCUT2D eigenvalue weighted by Crippen LogP contribution is -2.09. The van der Waals surface area contributed by atoms with Gasteiger partial charge in [0, 0.05) is 35.3 Å². The fourth-order valence-corrected chi connectivity index (χ4v) is 3.66. The molecule has 4 heteroatoms. The van der Waals surface area contributed by atoms with E-state index in [0.717, 1.165) is 46.1 Å². The number of hydrogen-bond donors (Lipinski definition) is 1. The quantitative estimate of drug-likeness (QED) is 0.567. The maximum absolute atomic E-state index is 13.6. The van der Waals surface area contributed by atoms with Crippen molar-refractivity contribution in [2.24, 2.45) is 0 Å². The van der Waals surface area contributed by atoms with Gasteiger partial charge in [0.25, 0.3) is 0 Å². The Hall–Kier alpha value is -2.85.